The summed E-state index contributed by atoms with van der Waals surface area (Å²) in [4.78, 5) is 25.0. The SMILES string of the molecule is CCCCCOC(=O)CN(C)C(=O)c1ccc(Br)cc1. The highest BCUT2D eigenvalue weighted by atomic mass is 79.9. The van der Waals surface area contributed by atoms with E-state index < -0.39 is 0 Å². The van der Waals surface area contributed by atoms with Crippen LogP contribution in [0.1, 0.15) is 36.5 Å². The van der Waals surface area contributed by atoms with Crippen molar-refractivity contribution in [2.24, 2.45) is 0 Å². The summed E-state index contributed by atoms with van der Waals surface area (Å²) in [7, 11) is 1.59. The van der Waals surface area contributed by atoms with Crippen molar-refractivity contribution in [2.75, 3.05) is 20.2 Å². The topological polar surface area (TPSA) is 46.6 Å². The maximum absolute atomic E-state index is 12.1. The molecule has 0 bridgehead atoms. The maximum atomic E-state index is 12.1. The first-order valence-corrected chi connectivity index (χ1v) is 7.50. The molecule has 1 amide bonds. The number of likely N-dealkylation sites (N-methyl/N-ethyl adjacent to an activating group) is 1. The molecule has 20 heavy (non-hydrogen) atoms. The predicted molar refractivity (Wildman–Crippen MR) is 81.6 cm³/mol. The summed E-state index contributed by atoms with van der Waals surface area (Å²) in [6.07, 6.45) is 2.99. The molecule has 0 radical (unpaired) electrons. The van der Waals surface area contributed by atoms with Crippen molar-refractivity contribution in [3.63, 3.8) is 0 Å². The lowest BCUT2D eigenvalue weighted by Crippen LogP contribution is -2.33. The highest BCUT2D eigenvalue weighted by molar-refractivity contribution is 9.10. The standard InChI is InChI=1S/C15H20BrNO3/c1-3-4-5-10-20-14(18)11-17(2)15(19)12-6-8-13(16)9-7-12/h6-9H,3-5,10-11H2,1-2H3. The zero-order valence-corrected chi connectivity index (χ0v) is 13.5. The van der Waals surface area contributed by atoms with Gasteiger partial charge in [-0.25, -0.2) is 0 Å². The smallest absolute Gasteiger partial charge is 0.325 e. The Balaban J connectivity index is 2.41. The molecule has 0 heterocycles. The van der Waals surface area contributed by atoms with E-state index in [1.807, 2.05) is 0 Å². The maximum Gasteiger partial charge on any atom is 0.325 e. The number of hydrogen-bond donors (Lipinski definition) is 0. The van der Waals surface area contributed by atoms with Crippen molar-refractivity contribution in [2.45, 2.75) is 26.2 Å². The number of carbonyl (C=O) groups excluding carboxylic acids is 2. The number of ether oxygens (including phenoxy) is 1. The molecule has 0 aliphatic carbocycles. The Morgan fingerprint density at radius 3 is 2.45 bits per heavy atom. The Kier molecular flexibility index (Phi) is 7.30. The van der Waals surface area contributed by atoms with E-state index in [9.17, 15) is 9.59 Å². The van der Waals surface area contributed by atoms with E-state index in [1.54, 1.807) is 31.3 Å². The first-order chi connectivity index (χ1) is 9.54. The van der Waals surface area contributed by atoms with Crippen LogP contribution in [0.25, 0.3) is 0 Å². The fourth-order valence-electron chi connectivity index (χ4n) is 1.66. The molecule has 0 saturated heterocycles. The van der Waals surface area contributed by atoms with Gasteiger partial charge in [-0.05, 0) is 30.7 Å². The predicted octanol–water partition coefficient (Wildman–Crippen LogP) is 3.25. The number of esters is 1. The third-order valence-corrected chi connectivity index (χ3v) is 3.34. The lowest BCUT2D eigenvalue weighted by atomic mass is 10.2. The van der Waals surface area contributed by atoms with Crippen LogP contribution in [0.4, 0.5) is 0 Å². The van der Waals surface area contributed by atoms with Gasteiger partial charge in [0.1, 0.15) is 6.54 Å². The van der Waals surface area contributed by atoms with Gasteiger partial charge in [0.05, 0.1) is 6.61 Å². The molecular weight excluding hydrogens is 322 g/mol. The molecule has 0 unspecified atom stereocenters. The van der Waals surface area contributed by atoms with Gasteiger partial charge in [-0.15, -0.1) is 0 Å². The first kappa shape index (κ1) is 16.7. The second-order valence-corrected chi connectivity index (χ2v) is 5.51. The summed E-state index contributed by atoms with van der Waals surface area (Å²) in [5, 5.41) is 0. The van der Waals surface area contributed by atoms with Gasteiger partial charge >= 0.3 is 5.97 Å². The molecule has 0 aliphatic heterocycles. The minimum atomic E-state index is -0.367. The number of unbranched alkanes of at least 4 members (excludes halogenated alkanes) is 2. The van der Waals surface area contributed by atoms with Gasteiger partial charge in [0.2, 0.25) is 0 Å². The van der Waals surface area contributed by atoms with Crippen molar-refractivity contribution in [1.82, 2.24) is 4.90 Å². The fraction of sp³-hybridized carbons (Fsp3) is 0.467. The van der Waals surface area contributed by atoms with E-state index in [0.29, 0.717) is 12.2 Å². The van der Waals surface area contributed by atoms with Gasteiger partial charge < -0.3 is 9.64 Å². The Bertz CT molecular complexity index is 445. The van der Waals surface area contributed by atoms with E-state index in [0.717, 1.165) is 23.7 Å². The van der Waals surface area contributed by atoms with Gasteiger partial charge in [0.15, 0.2) is 0 Å². The van der Waals surface area contributed by atoms with Crippen molar-refractivity contribution in [3.8, 4) is 0 Å². The molecule has 0 saturated carbocycles. The minimum Gasteiger partial charge on any atom is -0.464 e. The van der Waals surface area contributed by atoms with Crippen molar-refractivity contribution in [1.29, 1.82) is 0 Å². The molecular formula is C15H20BrNO3. The summed E-state index contributed by atoms with van der Waals surface area (Å²) >= 11 is 3.31. The van der Waals surface area contributed by atoms with Crippen LogP contribution in [-0.2, 0) is 9.53 Å². The number of amides is 1. The second-order valence-electron chi connectivity index (χ2n) is 4.60. The van der Waals surface area contributed by atoms with Gasteiger partial charge in [-0.1, -0.05) is 35.7 Å². The fourth-order valence-corrected chi connectivity index (χ4v) is 1.93. The van der Waals surface area contributed by atoms with E-state index in [-0.39, 0.29) is 18.4 Å². The lowest BCUT2D eigenvalue weighted by molar-refractivity contribution is -0.144. The van der Waals surface area contributed by atoms with Crippen LogP contribution in [0, 0.1) is 0 Å². The molecule has 4 nitrogen and oxygen atoms in total. The molecule has 0 N–H and O–H groups in total. The van der Waals surface area contributed by atoms with E-state index >= 15 is 0 Å². The quantitative estimate of drug-likeness (QED) is 0.564. The van der Waals surface area contributed by atoms with Crippen LogP contribution in [-0.4, -0.2) is 37.0 Å². The van der Waals surface area contributed by atoms with Crippen LogP contribution >= 0.6 is 15.9 Å². The highest BCUT2D eigenvalue weighted by Gasteiger charge is 2.15. The number of nitrogens with zero attached hydrogens (tertiary/aromatic N) is 1. The second kappa shape index (κ2) is 8.74. The molecule has 0 spiro atoms. The molecule has 110 valence electrons. The van der Waals surface area contributed by atoms with E-state index in [4.69, 9.17) is 4.74 Å². The summed E-state index contributed by atoms with van der Waals surface area (Å²) in [5.41, 5.74) is 0.550. The largest absolute Gasteiger partial charge is 0.464 e. The van der Waals surface area contributed by atoms with Crippen molar-refractivity contribution < 1.29 is 14.3 Å². The summed E-state index contributed by atoms with van der Waals surface area (Å²) in [6.45, 7) is 2.49. The van der Waals surface area contributed by atoms with Crippen LogP contribution in [0.5, 0.6) is 0 Å². The Morgan fingerprint density at radius 1 is 1.20 bits per heavy atom. The molecule has 1 aromatic carbocycles. The van der Waals surface area contributed by atoms with E-state index in [2.05, 4.69) is 22.9 Å². The van der Waals surface area contributed by atoms with Crippen LogP contribution in [0.15, 0.2) is 28.7 Å². The number of hydrogen-bond acceptors (Lipinski definition) is 3. The van der Waals surface area contributed by atoms with Crippen LogP contribution in [0.2, 0.25) is 0 Å². The third kappa shape index (κ3) is 5.74. The Hall–Kier alpha value is -1.36. The van der Waals surface area contributed by atoms with Crippen LogP contribution < -0.4 is 0 Å². The Morgan fingerprint density at radius 2 is 1.85 bits per heavy atom. The van der Waals surface area contributed by atoms with Gasteiger partial charge in [-0.2, -0.15) is 0 Å². The average molecular weight is 342 g/mol. The Labute approximate surface area is 128 Å². The lowest BCUT2D eigenvalue weighted by Gasteiger charge is -2.16. The van der Waals surface area contributed by atoms with E-state index in [1.165, 1.54) is 4.90 Å². The average Bonchev–Trinajstić information content (AvgIpc) is 2.43. The number of rotatable bonds is 7. The minimum absolute atomic E-state index is 0.0268. The van der Waals surface area contributed by atoms with Crippen molar-refractivity contribution >= 4 is 27.8 Å². The highest BCUT2D eigenvalue weighted by Crippen LogP contribution is 2.11. The third-order valence-electron chi connectivity index (χ3n) is 2.82. The molecule has 0 atom stereocenters. The summed E-state index contributed by atoms with van der Waals surface area (Å²) < 4.78 is 5.99. The monoisotopic (exact) mass is 341 g/mol. The number of halogens is 1. The van der Waals surface area contributed by atoms with Crippen molar-refractivity contribution in [3.05, 3.63) is 34.3 Å². The van der Waals surface area contributed by atoms with Gasteiger partial charge in [0.25, 0.3) is 5.91 Å². The normalized spacial score (nSPS) is 10.2. The molecule has 5 heteroatoms. The zero-order valence-electron chi connectivity index (χ0n) is 11.9. The molecule has 1 rings (SSSR count). The molecule has 0 aromatic heterocycles. The van der Waals surface area contributed by atoms with Crippen LogP contribution in [0.3, 0.4) is 0 Å². The molecule has 0 fully saturated rings. The summed E-state index contributed by atoms with van der Waals surface area (Å²) in [6, 6.07) is 7.03. The molecule has 1 aromatic rings. The van der Waals surface area contributed by atoms with Gasteiger partial charge in [0, 0.05) is 17.1 Å². The molecule has 0 aliphatic rings. The number of benzene rings is 1. The van der Waals surface area contributed by atoms with Gasteiger partial charge in [-0.3, -0.25) is 9.59 Å². The zero-order chi connectivity index (χ0) is 15.0. The summed E-state index contributed by atoms with van der Waals surface area (Å²) in [5.74, 6) is -0.558. The first-order valence-electron chi connectivity index (χ1n) is 6.71. The number of carbonyl (C=O) groups is 2.